The molecule has 0 radical (unpaired) electrons. The lowest BCUT2D eigenvalue weighted by Crippen LogP contribution is -2.11. The van der Waals surface area contributed by atoms with Crippen LogP contribution in [0.4, 0.5) is 5.82 Å². The molecule has 0 fully saturated rings. The second-order valence-corrected chi connectivity index (χ2v) is 5.52. The Labute approximate surface area is 129 Å². The van der Waals surface area contributed by atoms with Gasteiger partial charge in [-0.3, -0.25) is 4.79 Å². The minimum Gasteiger partial charge on any atom is -0.309 e. The SMILES string of the molecule is CCCC(=O)Nc1nn(CC)c2nc3cc(C)ccc3cc12. The summed E-state index contributed by atoms with van der Waals surface area (Å²) in [4.78, 5) is 16.6. The van der Waals surface area contributed by atoms with Gasteiger partial charge in [0.2, 0.25) is 5.91 Å². The lowest BCUT2D eigenvalue weighted by atomic mass is 10.1. The summed E-state index contributed by atoms with van der Waals surface area (Å²) < 4.78 is 1.83. The molecule has 3 rings (SSSR count). The molecule has 2 aromatic heterocycles. The van der Waals surface area contributed by atoms with Crippen LogP contribution in [0.25, 0.3) is 21.9 Å². The molecule has 0 saturated heterocycles. The summed E-state index contributed by atoms with van der Waals surface area (Å²) in [5, 5.41) is 9.35. The Morgan fingerprint density at radius 1 is 1.27 bits per heavy atom. The standard InChI is InChI=1S/C17H20N4O/c1-4-6-15(22)19-16-13-10-12-8-7-11(3)9-14(12)18-17(13)21(5-2)20-16/h7-10H,4-6H2,1-3H3,(H,19,20,22). The maximum absolute atomic E-state index is 11.9. The van der Waals surface area contributed by atoms with E-state index in [1.54, 1.807) is 0 Å². The fourth-order valence-electron chi connectivity index (χ4n) is 2.59. The average Bonchev–Trinajstić information content (AvgIpc) is 2.82. The number of anilines is 1. The zero-order chi connectivity index (χ0) is 15.7. The summed E-state index contributed by atoms with van der Waals surface area (Å²) in [5.74, 6) is 0.597. The van der Waals surface area contributed by atoms with Crippen molar-refractivity contribution in [3.05, 3.63) is 29.8 Å². The van der Waals surface area contributed by atoms with Crippen LogP contribution in [-0.2, 0) is 11.3 Å². The Hall–Kier alpha value is -2.43. The van der Waals surface area contributed by atoms with Crippen molar-refractivity contribution in [1.29, 1.82) is 0 Å². The number of nitrogens with one attached hydrogen (secondary N) is 1. The zero-order valence-corrected chi connectivity index (χ0v) is 13.2. The number of carbonyl (C=O) groups is 1. The number of benzene rings is 1. The van der Waals surface area contributed by atoms with E-state index in [1.165, 1.54) is 5.56 Å². The van der Waals surface area contributed by atoms with Crippen LogP contribution in [0.15, 0.2) is 24.3 Å². The molecule has 1 amide bonds. The number of nitrogens with zero attached hydrogens (tertiary/aromatic N) is 3. The molecule has 0 aliphatic heterocycles. The van der Waals surface area contributed by atoms with Crippen molar-refractivity contribution in [2.24, 2.45) is 0 Å². The van der Waals surface area contributed by atoms with E-state index in [4.69, 9.17) is 4.98 Å². The first kappa shape index (κ1) is 14.5. The maximum atomic E-state index is 11.9. The number of aryl methyl sites for hydroxylation is 2. The molecule has 0 atom stereocenters. The first-order chi connectivity index (χ1) is 10.6. The summed E-state index contributed by atoms with van der Waals surface area (Å²) in [6, 6.07) is 8.24. The molecule has 5 heteroatoms. The first-order valence-electron chi connectivity index (χ1n) is 7.70. The van der Waals surface area contributed by atoms with Crippen molar-refractivity contribution in [3.8, 4) is 0 Å². The molecule has 22 heavy (non-hydrogen) atoms. The molecule has 0 spiro atoms. The topological polar surface area (TPSA) is 59.8 Å². The third-order valence-corrected chi connectivity index (χ3v) is 3.71. The lowest BCUT2D eigenvalue weighted by molar-refractivity contribution is -0.116. The van der Waals surface area contributed by atoms with Gasteiger partial charge in [-0.2, -0.15) is 5.10 Å². The molecule has 5 nitrogen and oxygen atoms in total. The smallest absolute Gasteiger partial charge is 0.225 e. The zero-order valence-electron chi connectivity index (χ0n) is 13.2. The molecule has 2 heterocycles. The van der Waals surface area contributed by atoms with Gasteiger partial charge in [-0.25, -0.2) is 9.67 Å². The quantitative estimate of drug-likeness (QED) is 0.799. The fourth-order valence-corrected chi connectivity index (χ4v) is 2.59. The number of carbonyl (C=O) groups excluding carboxylic acids is 1. The molecule has 1 N–H and O–H groups in total. The first-order valence-corrected chi connectivity index (χ1v) is 7.70. The number of aromatic nitrogens is 3. The highest BCUT2D eigenvalue weighted by molar-refractivity contribution is 6.02. The van der Waals surface area contributed by atoms with Gasteiger partial charge in [0.1, 0.15) is 0 Å². The summed E-state index contributed by atoms with van der Waals surface area (Å²) in [6.07, 6.45) is 1.32. The fraction of sp³-hybridized carbons (Fsp3) is 0.353. The van der Waals surface area contributed by atoms with Crippen molar-refractivity contribution >= 4 is 33.7 Å². The Morgan fingerprint density at radius 2 is 2.09 bits per heavy atom. The number of pyridine rings is 1. The molecule has 0 aliphatic carbocycles. The van der Waals surface area contributed by atoms with Crippen molar-refractivity contribution in [1.82, 2.24) is 14.8 Å². The van der Waals surface area contributed by atoms with Gasteiger partial charge in [-0.1, -0.05) is 19.1 Å². The van der Waals surface area contributed by atoms with Gasteiger partial charge in [-0.05, 0) is 38.0 Å². The molecule has 114 valence electrons. The average molecular weight is 296 g/mol. The minimum atomic E-state index is -0.00541. The van der Waals surface area contributed by atoms with Gasteiger partial charge in [0, 0.05) is 18.4 Å². The number of rotatable bonds is 4. The van der Waals surface area contributed by atoms with E-state index < -0.39 is 0 Å². The highest BCUT2D eigenvalue weighted by atomic mass is 16.1. The van der Waals surface area contributed by atoms with Crippen LogP contribution in [0, 0.1) is 6.92 Å². The molecule has 1 aromatic carbocycles. The molecule has 0 bridgehead atoms. The molecule has 3 aromatic rings. The number of amides is 1. The van der Waals surface area contributed by atoms with Crippen molar-refractivity contribution in [3.63, 3.8) is 0 Å². The van der Waals surface area contributed by atoms with E-state index in [1.807, 2.05) is 18.5 Å². The second kappa shape index (κ2) is 5.75. The van der Waals surface area contributed by atoms with Crippen LogP contribution < -0.4 is 5.32 Å². The molecular weight excluding hydrogens is 276 g/mol. The van der Waals surface area contributed by atoms with Crippen LogP contribution in [0.1, 0.15) is 32.3 Å². The Kier molecular flexibility index (Phi) is 3.79. The lowest BCUT2D eigenvalue weighted by Gasteiger charge is -2.02. The highest BCUT2D eigenvalue weighted by Crippen LogP contribution is 2.26. The summed E-state index contributed by atoms with van der Waals surface area (Å²) >= 11 is 0. The highest BCUT2D eigenvalue weighted by Gasteiger charge is 2.14. The van der Waals surface area contributed by atoms with E-state index >= 15 is 0 Å². The Bertz CT molecular complexity index is 851. The summed E-state index contributed by atoms with van der Waals surface area (Å²) in [6.45, 7) is 6.77. The molecule has 0 saturated carbocycles. The molecule has 0 aliphatic rings. The van der Waals surface area contributed by atoms with Crippen LogP contribution in [0.2, 0.25) is 0 Å². The van der Waals surface area contributed by atoms with Crippen LogP contribution >= 0.6 is 0 Å². The van der Waals surface area contributed by atoms with Gasteiger partial charge in [0.25, 0.3) is 0 Å². The Balaban J connectivity index is 2.17. The largest absolute Gasteiger partial charge is 0.309 e. The summed E-state index contributed by atoms with van der Waals surface area (Å²) in [5.41, 5.74) is 2.94. The third-order valence-electron chi connectivity index (χ3n) is 3.71. The monoisotopic (exact) mass is 296 g/mol. The van der Waals surface area contributed by atoms with Gasteiger partial charge >= 0.3 is 0 Å². The van der Waals surface area contributed by atoms with Crippen molar-refractivity contribution in [2.45, 2.75) is 40.2 Å². The number of hydrogen-bond acceptors (Lipinski definition) is 3. The number of fused-ring (bicyclic) bond motifs is 2. The third kappa shape index (κ3) is 2.54. The van der Waals surface area contributed by atoms with E-state index in [-0.39, 0.29) is 5.91 Å². The number of hydrogen-bond donors (Lipinski definition) is 1. The molecule has 0 unspecified atom stereocenters. The summed E-state index contributed by atoms with van der Waals surface area (Å²) in [7, 11) is 0. The molecular formula is C17H20N4O. The predicted molar refractivity (Wildman–Crippen MR) is 89.0 cm³/mol. The van der Waals surface area contributed by atoms with E-state index in [0.717, 1.165) is 28.4 Å². The van der Waals surface area contributed by atoms with Crippen LogP contribution in [0.5, 0.6) is 0 Å². The van der Waals surface area contributed by atoms with E-state index in [2.05, 4.69) is 41.6 Å². The van der Waals surface area contributed by atoms with Gasteiger partial charge in [0.15, 0.2) is 11.5 Å². The van der Waals surface area contributed by atoms with Gasteiger partial charge < -0.3 is 5.32 Å². The minimum absolute atomic E-state index is 0.00541. The van der Waals surface area contributed by atoms with E-state index in [0.29, 0.717) is 18.8 Å². The predicted octanol–water partition coefficient (Wildman–Crippen LogP) is 3.65. The van der Waals surface area contributed by atoms with Crippen LogP contribution in [-0.4, -0.2) is 20.7 Å². The second-order valence-electron chi connectivity index (χ2n) is 5.52. The van der Waals surface area contributed by atoms with Gasteiger partial charge in [0.05, 0.1) is 10.9 Å². The van der Waals surface area contributed by atoms with Crippen molar-refractivity contribution < 1.29 is 4.79 Å². The van der Waals surface area contributed by atoms with Crippen molar-refractivity contribution in [2.75, 3.05) is 5.32 Å². The van der Waals surface area contributed by atoms with E-state index in [9.17, 15) is 4.79 Å². The van der Waals surface area contributed by atoms with Gasteiger partial charge in [-0.15, -0.1) is 0 Å². The van der Waals surface area contributed by atoms with Crippen LogP contribution in [0.3, 0.4) is 0 Å². The normalized spacial score (nSPS) is 11.2. The maximum Gasteiger partial charge on any atom is 0.225 e. The Morgan fingerprint density at radius 3 is 2.82 bits per heavy atom.